The summed E-state index contributed by atoms with van der Waals surface area (Å²) in [6.07, 6.45) is 3.55. The molecule has 1 atom stereocenters. The number of hydrogen-bond donors (Lipinski definition) is 1. The molecule has 3 rings (SSSR count). The minimum absolute atomic E-state index is 0.0246. The van der Waals surface area contributed by atoms with Crippen molar-refractivity contribution in [3.05, 3.63) is 35.5 Å². The van der Waals surface area contributed by atoms with Gasteiger partial charge in [-0.2, -0.15) is 12.7 Å². The van der Waals surface area contributed by atoms with Crippen LogP contribution in [0.2, 0.25) is 0 Å². The Morgan fingerprint density at radius 1 is 1.25 bits per heavy atom. The van der Waals surface area contributed by atoms with Crippen LogP contribution in [0.4, 0.5) is 0 Å². The SMILES string of the molecule is Cc1ccc2c(c1)cc(C(=O)N1CCCC[C@@H]1CCNS(=O)(=O)N(C)C)n2C. The summed E-state index contributed by atoms with van der Waals surface area (Å²) in [6.45, 7) is 3.08. The number of hydrogen-bond acceptors (Lipinski definition) is 3. The molecule has 0 spiro atoms. The number of rotatable bonds is 6. The highest BCUT2D eigenvalue weighted by atomic mass is 32.2. The first-order chi connectivity index (χ1) is 13.2. The molecule has 1 amide bonds. The number of nitrogens with one attached hydrogen (secondary N) is 1. The van der Waals surface area contributed by atoms with Crippen LogP contribution in [0.1, 0.15) is 41.7 Å². The number of likely N-dealkylation sites (tertiary alicyclic amines) is 1. The van der Waals surface area contributed by atoms with Gasteiger partial charge in [0.2, 0.25) is 0 Å². The van der Waals surface area contributed by atoms with Crippen molar-refractivity contribution < 1.29 is 13.2 Å². The lowest BCUT2D eigenvalue weighted by molar-refractivity contribution is 0.0594. The molecule has 0 radical (unpaired) electrons. The Hall–Kier alpha value is -1.90. The maximum atomic E-state index is 13.3. The monoisotopic (exact) mass is 406 g/mol. The largest absolute Gasteiger partial charge is 0.340 e. The summed E-state index contributed by atoms with van der Waals surface area (Å²) >= 11 is 0. The van der Waals surface area contributed by atoms with Gasteiger partial charge >= 0.3 is 0 Å². The van der Waals surface area contributed by atoms with Crippen molar-refractivity contribution in [2.75, 3.05) is 27.2 Å². The molecule has 1 aliphatic rings. The van der Waals surface area contributed by atoms with Gasteiger partial charge < -0.3 is 9.47 Å². The first-order valence-electron chi connectivity index (χ1n) is 9.75. The Bertz CT molecular complexity index is 965. The Balaban J connectivity index is 1.76. The van der Waals surface area contributed by atoms with Gasteiger partial charge in [-0.1, -0.05) is 11.6 Å². The van der Waals surface area contributed by atoms with Crippen molar-refractivity contribution in [2.45, 2.75) is 38.6 Å². The van der Waals surface area contributed by atoms with E-state index >= 15 is 0 Å². The topological polar surface area (TPSA) is 74.7 Å². The molecule has 0 bridgehead atoms. The van der Waals surface area contributed by atoms with E-state index in [1.807, 2.05) is 35.6 Å². The summed E-state index contributed by atoms with van der Waals surface area (Å²) in [4.78, 5) is 15.2. The lowest BCUT2D eigenvalue weighted by Gasteiger charge is -2.36. The minimum Gasteiger partial charge on any atom is -0.340 e. The van der Waals surface area contributed by atoms with Crippen LogP contribution in [0, 0.1) is 6.92 Å². The van der Waals surface area contributed by atoms with Gasteiger partial charge in [-0.3, -0.25) is 4.79 Å². The third kappa shape index (κ3) is 4.24. The highest BCUT2D eigenvalue weighted by Crippen LogP contribution is 2.25. The van der Waals surface area contributed by atoms with E-state index in [0.29, 0.717) is 25.2 Å². The quantitative estimate of drug-likeness (QED) is 0.800. The molecule has 0 unspecified atom stereocenters. The molecule has 2 aromatic rings. The van der Waals surface area contributed by atoms with Crippen molar-refractivity contribution in [1.29, 1.82) is 0 Å². The molecule has 1 aromatic heterocycles. The van der Waals surface area contributed by atoms with Crippen molar-refractivity contribution >= 4 is 27.0 Å². The van der Waals surface area contributed by atoms with E-state index < -0.39 is 10.2 Å². The molecule has 28 heavy (non-hydrogen) atoms. The molecular formula is C20H30N4O3S. The number of carbonyl (C=O) groups is 1. The summed E-state index contributed by atoms with van der Waals surface area (Å²) in [7, 11) is 1.49. The third-order valence-corrected chi connectivity index (χ3v) is 7.08. The van der Waals surface area contributed by atoms with Crippen LogP contribution in [-0.4, -0.2) is 61.3 Å². The second-order valence-corrected chi connectivity index (χ2v) is 9.74. The number of benzene rings is 1. The van der Waals surface area contributed by atoms with E-state index in [-0.39, 0.29) is 11.9 Å². The summed E-state index contributed by atoms with van der Waals surface area (Å²) in [5.74, 6) is 0.0246. The molecule has 1 fully saturated rings. The third-order valence-electron chi connectivity index (χ3n) is 5.55. The van der Waals surface area contributed by atoms with E-state index in [4.69, 9.17) is 0 Å². The molecule has 2 heterocycles. The number of fused-ring (bicyclic) bond motifs is 1. The van der Waals surface area contributed by atoms with Crippen LogP contribution >= 0.6 is 0 Å². The van der Waals surface area contributed by atoms with Gasteiger partial charge in [0.05, 0.1) is 0 Å². The molecule has 1 aliphatic heterocycles. The Kier molecular flexibility index (Phi) is 6.12. The predicted octanol–water partition coefficient (Wildman–Crippen LogP) is 2.27. The second kappa shape index (κ2) is 8.23. The smallest absolute Gasteiger partial charge is 0.278 e. The van der Waals surface area contributed by atoms with Crippen LogP contribution < -0.4 is 4.72 Å². The van der Waals surface area contributed by atoms with Crippen LogP contribution in [0.5, 0.6) is 0 Å². The molecule has 1 aromatic carbocycles. The van der Waals surface area contributed by atoms with Crippen LogP contribution in [0.25, 0.3) is 10.9 Å². The van der Waals surface area contributed by atoms with Crippen LogP contribution in [0.15, 0.2) is 24.3 Å². The highest BCUT2D eigenvalue weighted by molar-refractivity contribution is 7.87. The number of amides is 1. The number of aryl methyl sites for hydroxylation is 2. The van der Waals surface area contributed by atoms with Gasteiger partial charge in [0.15, 0.2) is 0 Å². The first-order valence-corrected chi connectivity index (χ1v) is 11.2. The first kappa shape index (κ1) is 20.8. The summed E-state index contributed by atoms with van der Waals surface area (Å²) in [5.41, 5.74) is 2.89. The summed E-state index contributed by atoms with van der Waals surface area (Å²) in [5, 5.41) is 1.07. The number of carbonyl (C=O) groups excluding carboxylic acids is 1. The Morgan fingerprint density at radius 2 is 2.00 bits per heavy atom. The molecule has 0 aliphatic carbocycles. The molecule has 7 nitrogen and oxygen atoms in total. The van der Waals surface area contributed by atoms with Gasteiger partial charge in [-0.05, 0) is 50.8 Å². The molecule has 8 heteroatoms. The molecule has 1 N–H and O–H groups in total. The number of aromatic nitrogens is 1. The van der Waals surface area contributed by atoms with Gasteiger partial charge in [0.25, 0.3) is 16.1 Å². The number of piperidine rings is 1. The normalized spacial score (nSPS) is 18.2. The molecule has 1 saturated heterocycles. The number of nitrogens with zero attached hydrogens (tertiary/aromatic N) is 3. The fourth-order valence-electron chi connectivity index (χ4n) is 3.87. The maximum absolute atomic E-state index is 13.3. The second-order valence-electron chi connectivity index (χ2n) is 7.77. The van der Waals surface area contributed by atoms with E-state index in [1.54, 1.807) is 0 Å². The molecular weight excluding hydrogens is 376 g/mol. The van der Waals surface area contributed by atoms with E-state index in [2.05, 4.69) is 16.9 Å². The molecule has 0 saturated carbocycles. The zero-order valence-electron chi connectivity index (χ0n) is 17.1. The fourth-order valence-corrected chi connectivity index (χ4v) is 4.51. The summed E-state index contributed by atoms with van der Waals surface area (Å²) in [6, 6.07) is 8.20. The molecule has 154 valence electrons. The zero-order chi connectivity index (χ0) is 20.5. The van der Waals surface area contributed by atoms with Gasteiger partial charge in [0.1, 0.15) is 5.69 Å². The Morgan fingerprint density at radius 3 is 2.71 bits per heavy atom. The van der Waals surface area contributed by atoms with Crippen molar-refractivity contribution in [3.8, 4) is 0 Å². The summed E-state index contributed by atoms with van der Waals surface area (Å²) < 4.78 is 29.5. The van der Waals surface area contributed by atoms with Crippen molar-refractivity contribution in [2.24, 2.45) is 7.05 Å². The minimum atomic E-state index is -3.44. The lowest BCUT2D eigenvalue weighted by atomic mass is 9.99. The van der Waals surface area contributed by atoms with Gasteiger partial charge in [-0.25, -0.2) is 4.72 Å². The van der Waals surface area contributed by atoms with Crippen LogP contribution in [-0.2, 0) is 17.3 Å². The average Bonchev–Trinajstić information content (AvgIpc) is 2.97. The lowest BCUT2D eigenvalue weighted by Crippen LogP contribution is -2.46. The maximum Gasteiger partial charge on any atom is 0.278 e. The average molecular weight is 407 g/mol. The highest BCUT2D eigenvalue weighted by Gasteiger charge is 2.29. The van der Waals surface area contributed by atoms with E-state index in [1.165, 1.54) is 19.7 Å². The van der Waals surface area contributed by atoms with Gasteiger partial charge in [-0.15, -0.1) is 0 Å². The Labute approximate surface area is 167 Å². The standard InChI is InChI=1S/C20H30N4O3S/c1-15-8-9-18-16(13-15)14-19(23(18)4)20(25)24-12-6-5-7-17(24)10-11-21-28(26,27)22(2)3/h8-9,13-14,17,21H,5-7,10-12H2,1-4H3/t17-/m1/s1. The zero-order valence-corrected chi connectivity index (χ0v) is 17.9. The fraction of sp³-hybridized carbons (Fsp3) is 0.550. The van der Waals surface area contributed by atoms with Crippen molar-refractivity contribution in [3.63, 3.8) is 0 Å². The van der Waals surface area contributed by atoms with Gasteiger partial charge in [0, 0.05) is 51.2 Å². The van der Waals surface area contributed by atoms with E-state index in [9.17, 15) is 13.2 Å². The van der Waals surface area contributed by atoms with E-state index in [0.717, 1.165) is 34.5 Å². The predicted molar refractivity (Wildman–Crippen MR) is 112 cm³/mol. The van der Waals surface area contributed by atoms with Crippen molar-refractivity contribution in [1.82, 2.24) is 18.5 Å². The van der Waals surface area contributed by atoms with Crippen LogP contribution in [0.3, 0.4) is 0 Å².